The van der Waals surface area contributed by atoms with Crippen LogP contribution in [-0.4, -0.2) is 20.3 Å². The number of aryl methyl sites for hydroxylation is 1. The van der Waals surface area contributed by atoms with Gasteiger partial charge in [-0.05, 0) is 112 Å². The zero-order chi connectivity index (χ0) is 23.6. The van der Waals surface area contributed by atoms with E-state index in [0.717, 1.165) is 37.7 Å². The molecule has 1 aromatic carbocycles. The summed E-state index contributed by atoms with van der Waals surface area (Å²) < 4.78 is 31.8. The van der Waals surface area contributed by atoms with Crippen molar-refractivity contribution in [1.82, 2.24) is 0 Å². The third-order valence-electron chi connectivity index (χ3n) is 10.2. The van der Waals surface area contributed by atoms with Gasteiger partial charge in [0.2, 0.25) is 0 Å². The number of ketones is 1. The van der Waals surface area contributed by atoms with Crippen LogP contribution in [0.2, 0.25) is 0 Å². The smallest absolute Gasteiger partial charge is 0.295 e. The van der Waals surface area contributed by atoms with Crippen molar-refractivity contribution in [3.05, 3.63) is 41.5 Å². The molecule has 0 N–H and O–H groups in total. The summed E-state index contributed by atoms with van der Waals surface area (Å²) in [6.07, 6.45) is 10.0. The maximum atomic E-state index is 13.0. The van der Waals surface area contributed by atoms with Gasteiger partial charge in [0.15, 0.2) is 5.78 Å². The maximum absolute atomic E-state index is 13.0. The van der Waals surface area contributed by atoms with Crippen LogP contribution in [-0.2, 0) is 19.1 Å². The van der Waals surface area contributed by atoms with Crippen molar-refractivity contribution in [2.75, 3.05) is 0 Å². The Bertz CT molecular complexity index is 1070. The first-order valence-electron chi connectivity index (χ1n) is 12.8. The summed E-state index contributed by atoms with van der Waals surface area (Å²) in [6, 6.07) is 6.93. The molecule has 0 bridgehead atoms. The molecule has 4 nitrogen and oxygen atoms in total. The maximum Gasteiger partial charge on any atom is 0.297 e. The van der Waals surface area contributed by atoms with Gasteiger partial charge < -0.3 is 0 Å². The minimum atomic E-state index is -3.77. The van der Waals surface area contributed by atoms with Crippen molar-refractivity contribution in [2.45, 2.75) is 90.1 Å². The molecule has 4 unspecified atom stereocenters. The van der Waals surface area contributed by atoms with Crippen molar-refractivity contribution < 1.29 is 17.4 Å². The Labute approximate surface area is 199 Å². The van der Waals surface area contributed by atoms with Crippen LogP contribution < -0.4 is 0 Å². The monoisotopic (exact) mass is 470 g/mol. The van der Waals surface area contributed by atoms with E-state index in [1.165, 1.54) is 18.4 Å². The summed E-state index contributed by atoms with van der Waals surface area (Å²) in [5, 5.41) is 0. The molecule has 4 aliphatic carbocycles. The van der Waals surface area contributed by atoms with Gasteiger partial charge >= 0.3 is 0 Å². The number of benzene rings is 1. The van der Waals surface area contributed by atoms with Crippen LogP contribution in [0.15, 0.2) is 40.8 Å². The molecule has 0 aliphatic heterocycles. The second-order valence-corrected chi connectivity index (χ2v) is 13.3. The number of hydrogen-bond donors (Lipinski definition) is 0. The van der Waals surface area contributed by atoms with E-state index in [-0.39, 0.29) is 27.7 Å². The average Bonchev–Trinajstić information content (AvgIpc) is 3.11. The highest BCUT2D eigenvalue weighted by molar-refractivity contribution is 7.86. The molecule has 3 fully saturated rings. The molecular weight excluding hydrogens is 432 g/mol. The average molecular weight is 471 g/mol. The Morgan fingerprint density at radius 2 is 1.70 bits per heavy atom. The van der Waals surface area contributed by atoms with E-state index in [4.69, 9.17) is 4.18 Å². The number of hydrogen-bond acceptors (Lipinski definition) is 4. The van der Waals surface area contributed by atoms with Crippen LogP contribution in [0.25, 0.3) is 0 Å². The molecular formula is C28H38O4S. The summed E-state index contributed by atoms with van der Waals surface area (Å²) in [6.45, 7) is 8.73. The first-order chi connectivity index (χ1) is 15.5. The van der Waals surface area contributed by atoms with Crippen LogP contribution in [0.3, 0.4) is 0 Å². The molecule has 7 atom stereocenters. The zero-order valence-electron chi connectivity index (χ0n) is 20.5. The number of rotatable bonds is 4. The molecule has 3 saturated carbocycles. The van der Waals surface area contributed by atoms with E-state index < -0.39 is 10.1 Å². The molecule has 180 valence electrons. The van der Waals surface area contributed by atoms with Crippen molar-refractivity contribution in [3.8, 4) is 0 Å². The molecule has 0 saturated heterocycles. The van der Waals surface area contributed by atoms with Crippen LogP contribution in [0.5, 0.6) is 0 Å². The normalized spacial score (nSPS) is 39.3. The lowest BCUT2D eigenvalue weighted by atomic mass is 9.46. The number of allylic oxidation sites excluding steroid dienone is 1. The number of fused-ring (bicyclic) bond motifs is 5. The van der Waals surface area contributed by atoms with Gasteiger partial charge in [0.25, 0.3) is 10.1 Å². The molecule has 5 heteroatoms. The molecule has 1 aromatic rings. The van der Waals surface area contributed by atoms with Gasteiger partial charge in [-0.2, -0.15) is 8.42 Å². The Balaban J connectivity index is 1.35. The van der Waals surface area contributed by atoms with Crippen molar-refractivity contribution in [2.24, 2.45) is 34.5 Å². The van der Waals surface area contributed by atoms with Crippen LogP contribution >= 0.6 is 0 Å². The quantitative estimate of drug-likeness (QED) is 0.489. The minimum absolute atomic E-state index is 0.117. The van der Waals surface area contributed by atoms with Crippen LogP contribution in [0, 0.1) is 41.4 Å². The van der Waals surface area contributed by atoms with Gasteiger partial charge in [0.05, 0.1) is 11.0 Å². The highest BCUT2D eigenvalue weighted by atomic mass is 32.2. The highest BCUT2D eigenvalue weighted by Crippen LogP contribution is 2.67. The van der Waals surface area contributed by atoms with E-state index in [1.54, 1.807) is 12.1 Å². The van der Waals surface area contributed by atoms with Gasteiger partial charge in [-0.3, -0.25) is 8.98 Å². The largest absolute Gasteiger partial charge is 0.297 e. The molecule has 5 rings (SSSR count). The lowest BCUT2D eigenvalue weighted by molar-refractivity contribution is -0.117. The van der Waals surface area contributed by atoms with E-state index in [1.807, 2.05) is 32.1 Å². The fourth-order valence-corrected chi connectivity index (χ4v) is 9.51. The third-order valence-corrected chi connectivity index (χ3v) is 11.6. The number of carbonyl (C=O) groups is 1. The van der Waals surface area contributed by atoms with Gasteiger partial charge in [0.1, 0.15) is 0 Å². The predicted molar refractivity (Wildman–Crippen MR) is 129 cm³/mol. The standard InChI is InChI=1S/C28H38O4S/c1-18-5-8-22(9-6-18)33(30,31)32-19(2)24-11-12-25-23-10-7-20-17-21(29)13-15-27(20,3)26(23)14-16-28(24,25)4/h5-6,8-9,17,19,23-26H,7,10-16H2,1-4H3/t19?,23?,24-,25?,26?,27+,28-/m1/s1. The summed E-state index contributed by atoms with van der Waals surface area (Å²) in [7, 11) is -3.77. The molecule has 4 aliphatic rings. The summed E-state index contributed by atoms with van der Waals surface area (Å²) >= 11 is 0. The Morgan fingerprint density at radius 1 is 0.970 bits per heavy atom. The summed E-state index contributed by atoms with van der Waals surface area (Å²) in [4.78, 5) is 12.3. The zero-order valence-corrected chi connectivity index (χ0v) is 21.3. The second kappa shape index (κ2) is 8.05. The van der Waals surface area contributed by atoms with Gasteiger partial charge in [0, 0.05) is 6.42 Å². The fourth-order valence-electron chi connectivity index (χ4n) is 8.40. The summed E-state index contributed by atoms with van der Waals surface area (Å²) in [5.74, 6) is 2.50. The Morgan fingerprint density at radius 3 is 2.42 bits per heavy atom. The number of carbonyl (C=O) groups excluding carboxylic acids is 1. The fraction of sp³-hybridized carbons (Fsp3) is 0.679. The van der Waals surface area contributed by atoms with E-state index in [2.05, 4.69) is 13.8 Å². The van der Waals surface area contributed by atoms with E-state index in [0.29, 0.717) is 30.0 Å². The van der Waals surface area contributed by atoms with Crippen molar-refractivity contribution >= 4 is 15.9 Å². The minimum Gasteiger partial charge on any atom is -0.295 e. The van der Waals surface area contributed by atoms with E-state index >= 15 is 0 Å². The molecule has 0 radical (unpaired) electrons. The molecule has 0 aromatic heterocycles. The van der Waals surface area contributed by atoms with Gasteiger partial charge in [-0.15, -0.1) is 0 Å². The first-order valence-corrected chi connectivity index (χ1v) is 14.2. The molecule has 0 heterocycles. The topological polar surface area (TPSA) is 60.4 Å². The highest BCUT2D eigenvalue weighted by Gasteiger charge is 2.60. The SMILES string of the molecule is Cc1ccc(S(=O)(=O)OC(C)[C@H]2CCC3C4CCC5=CC(=O)CC[C@]5(C)C4CC[C@@]32C)cc1. The summed E-state index contributed by atoms with van der Waals surface area (Å²) in [5.41, 5.74) is 2.73. The Kier molecular flexibility index (Phi) is 5.68. The van der Waals surface area contributed by atoms with Crippen LogP contribution in [0.4, 0.5) is 0 Å². The van der Waals surface area contributed by atoms with Gasteiger partial charge in [-0.1, -0.05) is 37.1 Å². The molecule has 0 amide bonds. The van der Waals surface area contributed by atoms with Crippen molar-refractivity contribution in [1.29, 1.82) is 0 Å². The Hall–Kier alpha value is -1.46. The third kappa shape index (κ3) is 3.74. The lowest BCUT2D eigenvalue weighted by Crippen LogP contribution is -2.51. The lowest BCUT2D eigenvalue weighted by Gasteiger charge is -2.58. The van der Waals surface area contributed by atoms with Gasteiger partial charge in [-0.25, -0.2) is 0 Å². The second-order valence-electron chi connectivity index (χ2n) is 11.8. The van der Waals surface area contributed by atoms with Crippen LogP contribution in [0.1, 0.15) is 77.7 Å². The van der Waals surface area contributed by atoms with Crippen molar-refractivity contribution in [3.63, 3.8) is 0 Å². The molecule has 33 heavy (non-hydrogen) atoms. The van der Waals surface area contributed by atoms with E-state index in [9.17, 15) is 13.2 Å². The first kappa shape index (κ1) is 23.3. The molecule has 0 spiro atoms. The predicted octanol–water partition coefficient (Wildman–Crippen LogP) is 6.24.